The molecule has 0 saturated heterocycles. The minimum absolute atomic E-state index is 0.0287. The van der Waals surface area contributed by atoms with Crippen LogP contribution < -0.4 is 0 Å². The number of hydrogen-bond donors (Lipinski definition) is 0. The summed E-state index contributed by atoms with van der Waals surface area (Å²) in [4.78, 5) is 17.7. The predicted molar refractivity (Wildman–Crippen MR) is 108 cm³/mol. The molecule has 2 aliphatic rings. The third-order valence-electron chi connectivity index (χ3n) is 6.37. The zero-order chi connectivity index (χ0) is 19.3. The number of hydrogen-bond acceptors (Lipinski definition) is 2. The molecule has 28 heavy (non-hydrogen) atoms. The van der Waals surface area contributed by atoms with E-state index < -0.39 is 0 Å². The molecule has 0 bridgehead atoms. The van der Waals surface area contributed by atoms with Crippen LogP contribution in [0.5, 0.6) is 0 Å². The highest BCUT2D eigenvalue weighted by molar-refractivity contribution is 6.31. The summed E-state index contributed by atoms with van der Waals surface area (Å²) in [6.45, 7) is 0. The molecule has 0 N–H and O–H groups in total. The third-order valence-corrected chi connectivity index (χ3v) is 6.69. The molecule has 2 aromatic heterocycles. The van der Waals surface area contributed by atoms with E-state index in [9.17, 15) is 9.18 Å². The fraction of sp³-hybridized carbons (Fsp3) is 0.391. The summed E-state index contributed by atoms with van der Waals surface area (Å²) in [6.07, 6.45) is 9.38. The molecule has 0 spiro atoms. The maximum Gasteiger partial charge on any atom is 0.182 e. The van der Waals surface area contributed by atoms with Crippen molar-refractivity contribution in [2.45, 2.75) is 50.4 Å². The van der Waals surface area contributed by atoms with Gasteiger partial charge in [0.1, 0.15) is 5.82 Å². The van der Waals surface area contributed by atoms with Crippen molar-refractivity contribution in [1.29, 1.82) is 0 Å². The van der Waals surface area contributed by atoms with Crippen LogP contribution in [-0.2, 0) is 0 Å². The lowest BCUT2D eigenvalue weighted by atomic mass is 9.76. The number of Topliss-reactive ketones (excluding diaryl/α,β-unsaturated/α-hetero) is 1. The maximum absolute atomic E-state index is 13.5. The number of benzene rings is 1. The van der Waals surface area contributed by atoms with Crippen LogP contribution in [0.15, 0.2) is 42.9 Å². The summed E-state index contributed by atoms with van der Waals surface area (Å²) in [5, 5.41) is 0.494. The Morgan fingerprint density at radius 3 is 2.39 bits per heavy atom. The minimum Gasteiger partial charge on any atom is -0.296 e. The molecular formula is C23H22ClFN2O. The topological polar surface area (TPSA) is 34.4 Å². The largest absolute Gasteiger partial charge is 0.296 e. The average Bonchev–Trinajstić information content (AvgIpc) is 3.43. The lowest BCUT2D eigenvalue weighted by molar-refractivity contribution is 0.0876. The number of aromatic nitrogens is 2. The quantitative estimate of drug-likeness (QED) is 0.495. The van der Waals surface area contributed by atoms with Crippen LogP contribution in [0.25, 0.3) is 5.52 Å². The van der Waals surface area contributed by atoms with Gasteiger partial charge in [0.25, 0.3) is 0 Å². The number of carbonyl (C=O) groups is 1. The fourth-order valence-electron chi connectivity index (χ4n) is 4.69. The van der Waals surface area contributed by atoms with Crippen LogP contribution >= 0.6 is 11.6 Å². The van der Waals surface area contributed by atoms with Crippen molar-refractivity contribution in [2.75, 3.05) is 0 Å². The number of fused-ring (bicyclic) bond motifs is 1. The zero-order valence-corrected chi connectivity index (χ0v) is 16.3. The Bertz CT molecular complexity index is 1050. The molecule has 2 saturated carbocycles. The molecule has 5 heteroatoms. The second kappa shape index (κ2) is 7.00. The molecule has 0 aliphatic heterocycles. The summed E-state index contributed by atoms with van der Waals surface area (Å²) in [7, 11) is 0. The molecule has 0 unspecified atom stereocenters. The van der Waals surface area contributed by atoms with E-state index >= 15 is 0 Å². The van der Waals surface area contributed by atoms with E-state index in [0.29, 0.717) is 16.9 Å². The molecule has 0 radical (unpaired) electrons. The van der Waals surface area contributed by atoms with Gasteiger partial charge in [0, 0.05) is 10.9 Å². The molecule has 3 aromatic rings. The van der Waals surface area contributed by atoms with Crippen molar-refractivity contribution in [1.82, 2.24) is 9.38 Å². The molecule has 1 aromatic carbocycles. The smallest absolute Gasteiger partial charge is 0.182 e. The molecule has 2 heterocycles. The van der Waals surface area contributed by atoms with E-state index in [-0.39, 0.29) is 17.5 Å². The maximum atomic E-state index is 13.5. The van der Waals surface area contributed by atoms with Crippen LogP contribution in [0.2, 0.25) is 5.02 Å². The van der Waals surface area contributed by atoms with Crippen LogP contribution in [0.1, 0.15) is 72.0 Å². The first-order valence-electron chi connectivity index (χ1n) is 10.1. The number of halogens is 2. The van der Waals surface area contributed by atoms with Gasteiger partial charge in [-0.3, -0.25) is 9.20 Å². The highest BCUT2D eigenvalue weighted by atomic mass is 35.5. The van der Waals surface area contributed by atoms with Gasteiger partial charge in [-0.2, -0.15) is 0 Å². The standard InChI is InChI=1S/C23H22ClFN2O/c24-21-11-17(25)7-9-19(21)14-3-5-16(6-4-14)23(28)22-20(15-1-2-15)10-8-18-12-26-13-27(18)22/h7-16H,1-6H2. The second-order valence-corrected chi connectivity index (χ2v) is 8.59. The van der Waals surface area contributed by atoms with Crippen molar-refractivity contribution < 1.29 is 9.18 Å². The van der Waals surface area contributed by atoms with Crippen LogP contribution in [-0.4, -0.2) is 15.2 Å². The van der Waals surface area contributed by atoms with Gasteiger partial charge in [-0.15, -0.1) is 0 Å². The Morgan fingerprint density at radius 2 is 1.68 bits per heavy atom. The van der Waals surface area contributed by atoms with E-state index in [1.807, 2.05) is 4.40 Å². The summed E-state index contributed by atoms with van der Waals surface area (Å²) in [5.74, 6) is 0.776. The van der Waals surface area contributed by atoms with Gasteiger partial charge in [-0.05, 0) is 79.7 Å². The molecule has 5 rings (SSSR count). The van der Waals surface area contributed by atoms with Crippen molar-refractivity contribution in [3.05, 3.63) is 70.5 Å². The number of nitrogens with zero attached hydrogens (tertiary/aromatic N) is 2. The molecule has 2 fully saturated rings. The van der Waals surface area contributed by atoms with E-state index in [1.54, 1.807) is 18.6 Å². The molecule has 0 amide bonds. The van der Waals surface area contributed by atoms with E-state index in [2.05, 4.69) is 17.1 Å². The lowest BCUT2D eigenvalue weighted by Gasteiger charge is -2.29. The number of pyridine rings is 1. The number of imidazole rings is 1. The van der Waals surface area contributed by atoms with Gasteiger partial charge >= 0.3 is 0 Å². The number of ketones is 1. The van der Waals surface area contributed by atoms with Crippen LogP contribution in [0.3, 0.4) is 0 Å². The Kier molecular flexibility index (Phi) is 4.47. The Balaban J connectivity index is 1.39. The summed E-state index contributed by atoms with van der Waals surface area (Å²) in [5.41, 5.74) is 3.99. The first-order valence-corrected chi connectivity index (χ1v) is 10.4. The Morgan fingerprint density at radius 1 is 1.00 bits per heavy atom. The number of rotatable bonds is 4. The molecule has 144 valence electrons. The molecule has 3 nitrogen and oxygen atoms in total. The van der Waals surface area contributed by atoms with Gasteiger partial charge < -0.3 is 0 Å². The molecule has 0 atom stereocenters. The van der Waals surface area contributed by atoms with Gasteiger partial charge in [-0.1, -0.05) is 23.7 Å². The fourth-order valence-corrected chi connectivity index (χ4v) is 5.01. The minimum atomic E-state index is -0.307. The monoisotopic (exact) mass is 396 g/mol. The Hall–Kier alpha value is -2.20. The number of carbonyl (C=O) groups excluding carboxylic acids is 1. The second-order valence-electron chi connectivity index (χ2n) is 8.18. The van der Waals surface area contributed by atoms with Gasteiger partial charge in [0.2, 0.25) is 0 Å². The van der Waals surface area contributed by atoms with Gasteiger partial charge in [0.15, 0.2) is 5.78 Å². The van der Waals surface area contributed by atoms with Crippen molar-refractivity contribution in [3.8, 4) is 0 Å². The van der Waals surface area contributed by atoms with E-state index in [1.165, 1.54) is 17.7 Å². The zero-order valence-electron chi connectivity index (χ0n) is 15.6. The van der Waals surface area contributed by atoms with Crippen molar-refractivity contribution in [3.63, 3.8) is 0 Å². The first-order chi connectivity index (χ1) is 13.6. The summed E-state index contributed by atoms with van der Waals surface area (Å²) < 4.78 is 15.3. The average molecular weight is 397 g/mol. The molecule has 2 aliphatic carbocycles. The third kappa shape index (κ3) is 3.14. The highest BCUT2D eigenvalue weighted by Crippen LogP contribution is 2.44. The lowest BCUT2D eigenvalue weighted by Crippen LogP contribution is -2.24. The normalized spacial score (nSPS) is 22.5. The van der Waals surface area contributed by atoms with Gasteiger partial charge in [0.05, 0.1) is 23.7 Å². The van der Waals surface area contributed by atoms with E-state index in [4.69, 9.17) is 11.6 Å². The highest BCUT2D eigenvalue weighted by Gasteiger charge is 2.34. The summed E-state index contributed by atoms with van der Waals surface area (Å²) >= 11 is 6.26. The van der Waals surface area contributed by atoms with Crippen LogP contribution in [0, 0.1) is 11.7 Å². The van der Waals surface area contributed by atoms with Crippen molar-refractivity contribution in [2.24, 2.45) is 5.92 Å². The van der Waals surface area contributed by atoms with Crippen molar-refractivity contribution >= 4 is 22.9 Å². The SMILES string of the molecule is O=C(c1c(C2CC2)ccc2cncn12)C1CCC(c2ccc(F)cc2Cl)CC1. The van der Waals surface area contributed by atoms with E-state index in [0.717, 1.165) is 55.3 Å². The Labute approximate surface area is 168 Å². The first kappa shape index (κ1) is 17.9. The van der Waals surface area contributed by atoms with Gasteiger partial charge in [-0.25, -0.2) is 9.37 Å². The predicted octanol–water partition coefficient (Wildman–Crippen LogP) is 6.16. The molecular weight excluding hydrogens is 375 g/mol. The van der Waals surface area contributed by atoms with Crippen LogP contribution in [0.4, 0.5) is 4.39 Å². The summed E-state index contributed by atoms with van der Waals surface area (Å²) in [6, 6.07) is 8.83.